The monoisotopic (exact) mass is 230 g/mol. The third-order valence-corrected chi connectivity index (χ3v) is 3.58. The average Bonchev–Trinajstić information content (AvgIpc) is 2.29. The van der Waals surface area contributed by atoms with Crippen LogP contribution < -0.4 is 5.32 Å². The van der Waals surface area contributed by atoms with Crippen LogP contribution in [0.25, 0.3) is 0 Å². The lowest BCUT2D eigenvalue weighted by atomic mass is 9.80. The SMILES string of the molecule is COC(CNCC1(C)CCN(C)CC1)OC. The molecule has 1 saturated heterocycles. The molecule has 4 nitrogen and oxygen atoms in total. The zero-order chi connectivity index (χ0) is 12.0. The molecule has 16 heavy (non-hydrogen) atoms. The van der Waals surface area contributed by atoms with Crippen LogP contribution in [0.4, 0.5) is 0 Å². The van der Waals surface area contributed by atoms with Gasteiger partial charge in [-0.1, -0.05) is 6.92 Å². The first-order valence-electron chi connectivity index (χ1n) is 6.04. The van der Waals surface area contributed by atoms with E-state index in [1.807, 2.05) is 0 Å². The standard InChI is InChI=1S/C12H26N2O2/c1-12(5-7-14(2)8-6-12)10-13-9-11(15-3)16-4/h11,13H,5-10H2,1-4H3. The zero-order valence-corrected chi connectivity index (χ0v) is 11.1. The van der Waals surface area contributed by atoms with Gasteiger partial charge in [-0.3, -0.25) is 0 Å². The Morgan fingerprint density at radius 3 is 2.31 bits per heavy atom. The molecule has 96 valence electrons. The largest absolute Gasteiger partial charge is 0.355 e. The Hall–Kier alpha value is -0.160. The molecule has 4 heteroatoms. The van der Waals surface area contributed by atoms with Crippen molar-refractivity contribution in [3.05, 3.63) is 0 Å². The third-order valence-electron chi connectivity index (χ3n) is 3.58. The van der Waals surface area contributed by atoms with Crippen LogP contribution in [0.2, 0.25) is 0 Å². The first kappa shape index (κ1) is 13.9. The second kappa shape index (κ2) is 6.55. The van der Waals surface area contributed by atoms with Gasteiger partial charge in [0.1, 0.15) is 0 Å². The molecular weight excluding hydrogens is 204 g/mol. The molecule has 0 aliphatic carbocycles. The fourth-order valence-electron chi connectivity index (χ4n) is 2.09. The summed E-state index contributed by atoms with van der Waals surface area (Å²) in [6.07, 6.45) is 2.40. The third kappa shape index (κ3) is 4.37. The van der Waals surface area contributed by atoms with E-state index in [2.05, 4.69) is 24.2 Å². The topological polar surface area (TPSA) is 33.7 Å². The molecular formula is C12H26N2O2. The number of hydrogen-bond donors (Lipinski definition) is 1. The number of methoxy groups -OCH3 is 2. The van der Waals surface area contributed by atoms with Crippen molar-refractivity contribution in [3.8, 4) is 0 Å². The molecule has 0 aromatic carbocycles. The van der Waals surface area contributed by atoms with E-state index in [1.54, 1.807) is 14.2 Å². The minimum Gasteiger partial charge on any atom is -0.355 e. The molecule has 0 aromatic rings. The van der Waals surface area contributed by atoms with Crippen molar-refractivity contribution in [2.75, 3.05) is 47.4 Å². The van der Waals surface area contributed by atoms with Crippen molar-refractivity contribution < 1.29 is 9.47 Å². The number of ether oxygens (including phenoxy) is 2. The van der Waals surface area contributed by atoms with E-state index in [4.69, 9.17) is 9.47 Å². The van der Waals surface area contributed by atoms with Gasteiger partial charge in [0.15, 0.2) is 6.29 Å². The predicted molar refractivity (Wildman–Crippen MR) is 65.5 cm³/mol. The Morgan fingerprint density at radius 2 is 1.81 bits per heavy atom. The van der Waals surface area contributed by atoms with Crippen molar-refractivity contribution in [1.82, 2.24) is 10.2 Å². The highest BCUT2D eigenvalue weighted by atomic mass is 16.7. The van der Waals surface area contributed by atoms with E-state index in [9.17, 15) is 0 Å². The number of rotatable bonds is 6. The van der Waals surface area contributed by atoms with Gasteiger partial charge in [-0.25, -0.2) is 0 Å². The van der Waals surface area contributed by atoms with E-state index in [0.29, 0.717) is 5.41 Å². The van der Waals surface area contributed by atoms with Crippen LogP contribution in [0.3, 0.4) is 0 Å². The molecule has 1 N–H and O–H groups in total. The van der Waals surface area contributed by atoms with Gasteiger partial charge < -0.3 is 19.7 Å². The molecule has 0 atom stereocenters. The molecule has 1 aliphatic rings. The summed E-state index contributed by atoms with van der Waals surface area (Å²) in [5.41, 5.74) is 0.429. The normalized spacial score (nSPS) is 21.6. The maximum atomic E-state index is 5.15. The van der Waals surface area contributed by atoms with Gasteiger partial charge in [-0.05, 0) is 38.4 Å². The average molecular weight is 230 g/mol. The minimum absolute atomic E-state index is 0.130. The maximum absolute atomic E-state index is 5.15. The van der Waals surface area contributed by atoms with Crippen LogP contribution in [0.5, 0.6) is 0 Å². The Labute approximate surface area is 99.3 Å². The second-order valence-electron chi connectivity index (χ2n) is 5.15. The molecule has 1 aliphatic heterocycles. The summed E-state index contributed by atoms with van der Waals surface area (Å²) >= 11 is 0. The Morgan fingerprint density at radius 1 is 1.25 bits per heavy atom. The summed E-state index contributed by atoms with van der Waals surface area (Å²) in [5, 5.41) is 3.44. The van der Waals surface area contributed by atoms with Crippen LogP contribution >= 0.6 is 0 Å². The van der Waals surface area contributed by atoms with Crippen LogP contribution in [0, 0.1) is 5.41 Å². The number of nitrogens with one attached hydrogen (secondary N) is 1. The molecule has 0 saturated carbocycles. The van der Waals surface area contributed by atoms with Crippen LogP contribution in [0.1, 0.15) is 19.8 Å². The summed E-state index contributed by atoms with van der Waals surface area (Å²) in [6.45, 7) is 6.58. The molecule has 0 radical (unpaired) electrons. The second-order valence-corrected chi connectivity index (χ2v) is 5.15. The van der Waals surface area contributed by atoms with Crippen LogP contribution in [-0.2, 0) is 9.47 Å². The Balaban J connectivity index is 2.21. The lowest BCUT2D eigenvalue weighted by Crippen LogP contribution is -2.43. The fourth-order valence-corrected chi connectivity index (χ4v) is 2.09. The fraction of sp³-hybridized carbons (Fsp3) is 1.00. The summed E-state index contributed by atoms with van der Waals surface area (Å²) in [5.74, 6) is 0. The van der Waals surface area contributed by atoms with Gasteiger partial charge in [-0.15, -0.1) is 0 Å². The number of hydrogen-bond acceptors (Lipinski definition) is 4. The van der Waals surface area contributed by atoms with E-state index in [0.717, 1.165) is 13.1 Å². The highest BCUT2D eigenvalue weighted by Crippen LogP contribution is 2.29. The first-order chi connectivity index (χ1) is 7.59. The predicted octanol–water partition coefficient (Wildman–Crippen LogP) is 0.927. The van der Waals surface area contributed by atoms with Gasteiger partial charge in [0.2, 0.25) is 0 Å². The van der Waals surface area contributed by atoms with E-state index in [-0.39, 0.29) is 6.29 Å². The number of piperidine rings is 1. The molecule has 0 unspecified atom stereocenters. The number of nitrogens with zero attached hydrogens (tertiary/aromatic N) is 1. The Kier molecular flexibility index (Phi) is 5.69. The highest BCUT2D eigenvalue weighted by Gasteiger charge is 2.28. The van der Waals surface area contributed by atoms with Gasteiger partial charge in [0.05, 0.1) is 0 Å². The highest BCUT2D eigenvalue weighted by molar-refractivity contribution is 4.83. The molecule has 1 fully saturated rings. The van der Waals surface area contributed by atoms with Crippen molar-refractivity contribution in [2.24, 2.45) is 5.41 Å². The van der Waals surface area contributed by atoms with Gasteiger partial charge >= 0.3 is 0 Å². The van der Waals surface area contributed by atoms with E-state index < -0.39 is 0 Å². The zero-order valence-electron chi connectivity index (χ0n) is 11.1. The number of likely N-dealkylation sites (tertiary alicyclic amines) is 1. The molecule has 1 rings (SSSR count). The van der Waals surface area contributed by atoms with Gasteiger partial charge in [0, 0.05) is 27.3 Å². The summed E-state index contributed by atoms with van der Waals surface area (Å²) < 4.78 is 10.3. The van der Waals surface area contributed by atoms with Gasteiger partial charge in [-0.2, -0.15) is 0 Å². The lowest BCUT2D eigenvalue weighted by molar-refractivity contribution is -0.0997. The van der Waals surface area contributed by atoms with Crippen molar-refractivity contribution >= 4 is 0 Å². The van der Waals surface area contributed by atoms with Crippen LogP contribution in [-0.4, -0.2) is 58.6 Å². The summed E-state index contributed by atoms with van der Waals surface area (Å²) in [4.78, 5) is 2.40. The lowest BCUT2D eigenvalue weighted by Gasteiger charge is -2.38. The summed E-state index contributed by atoms with van der Waals surface area (Å²) in [6, 6.07) is 0. The molecule has 0 aromatic heterocycles. The van der Waals surface area contributed by atoms with Gasteiger partial charge in [0.25, 0.3) is 0 Å². The Bertz CT molecular complexity index is 187. The molecule has 0 amide bonds. The molecule has 0 bridgehead atoms. The van der Waals surface area contributed by atoms with Crippen molar-refractivity contribution in [3.63, 3.8) is 0 Å². The van der Waals surface area contributed by atoms with E-state index >= 15 is 0 Å². The quantitative estimate of drug-likeness (QED) is 0.688. The van der Waals surface area contributed by atoms with E-state index in [1.165, 1.54) is 25.9 Å². The molecule has 0 spiro atoms. The van der Waals surface area contributed by atoms with Crippen molar-refractivity contribution in [2.45, 2.75) is 26.1 Å². The molecule has 1 heterocycles. The maximum Gasteiger partial charge on any atom is 0.169 e. The minimum atomic E-state index is -0.130. The summed E-state index contributed by atoms with van der Waals surface area (Å²) in [7, 11) is 5.54. The first-order valence-corrected chi connectivity index (χ1v) is 6.04. The smallest absolute Gasteiger partial charge is 0.169 e. The van der Waals surface area contributed by atoms with Crippen molar-refractivity contribution in [1.29, 1.82) is 0 Å². The van der Waals surface area contributed by atoms with Crippen LogP contribution in [0.15, 0.2) is 0 Å².